The van der Waals surface area contributed by atoms with Gasteiger partial charge in [0.2, 0.25) is 0 Å². The van der Waals surface area contributed by atoms with E-state index in [1.165, 1.54) is 25.5 Å². The van der Waals surface area contributed by atoms with Crippen molar-refractivity contribution in [2.75, 3.05) is 14.2 Å². The van der Waals surface area contributed by atoms with Crippen LogP contribution < -0.4 is 5.73 Å². The van der Waals surface area contributed by atoms with Crippen LogP contribution >= 0.6 is 0 Å². The minimum Gasteiger partial charge on any atom is -0.465 e. The van der Waals surface area contributed by atoms with Crippen LogP contribution in [0.3, 0.4) is 0 Å². The van der Waals surface area contributed by atoms with E-state index in [1.807, 2.05) is 24.3 Å². The summed E-state index contributed by atoms with van der Waals surface area (Å²) in [4.78, 5) is 13.8. The zero-order valence-corrected chi connectivity index (χ0v) is 12.3. The number of rotatable bonds is 4. The normalized spacial score (nSPS) is 22.8. The average molecular weight is 276 g/mol. The Morgan fingerprint density at radius 2 is 1.85 bits per heavy atom. The van der Waals surface area contributed by atoms with Gasteiger partial charge in [-0.05, 0) is 50.4 Å². The number of hydrogen-bond donors (Lipinski definition) is 1. The number of esters is 1. The van der Waals surface area contributed by atoms with Gasteiger partial charge in [-0.1, -0.05) is 12.1 Å². The third-order valence-corrected chi connectivity index (χ3v) is 4.17. The van der Waals surface area contributed by atoms with Crippen LogP contribution in [0.1, 0.15) is 41.6 Å². The molecule has 1 aromatic carbocycles. The summed E-state index contributed by atoms with van der Waals surface area (Å²) in [6, 6.07) is 8.65. The van der Waals surface area contributed by atoms with E-state index in [0.29, 0.717) is 17.6 Å². The fraction of sp³-hybridized carbons (Fsp3) is 0.562. The van der Waals surface area contributed by atoms with Crippen LogP contribution in [0.15, 0.2) is 24.3 Å². The number of nitrogens with zero attached hydrogens (tertiary/aromatic N) is 1. The van der Waals surface area contributed by atoms with Gasteiger partial charge in [-0.25, -0.2) is 4.79 Å². The Balaban J connectivity index is 1.91. The van der Waals surface area contributed by atoms with E-state index in [9.17, 15) is 4.79 Å². The second-order valence-electron chi connectivity index (χ2n) is 5.67. The predicted molar refractivity (Wildman–Crippen MR) is 79.5 cm³/mol. The highest BCUT2D eigenvalue weighted by Gasteiger charge is 2.21. The molecular formula is C16H24N2O2. The summed E-state index contributed by atoms with van der Waals surface area (Å²) in [6.45, 7) is 0.904. The van der Waals surface area contributed by atoms with Crippen molar-refractivity contribution in [3.8, 4) is 0 Å². The van der Waals surface area contributed by atoms with Gasteiger partial charge in [-0.3, -0.25) is 4.90 Å². The molecule has 1 aliphatic rings. The minimum atomic E-state index is -0.286. The quantitative estimate of drug-likeness (QED) is 0.856. The molecule has 1 aromatic rings. The second kappa shape index (κ2) is 6.86. The molecule has 0 amide bonds. The SMILES string of the molecule is COC(=O)c1ccc(CN(C)C2CCC(N)CC2)cc1. The molecular weight excluding hydrogens is 252 g/mol. The Labute approximate surface area is 120 Å². The van der Waals surface area contributed by atoms with Crippen LogP contribution in [0.25, 0.3) is 0 Å². The maximum atomic E-state index is 11.4. The Morgan fingerprint density at radius 1 is 1.25 bits per heavy atom. The number of nitrogens with two attached hydrogens (primary N) is 1. The molecule has 0 aromatic heterocycles. The van der Waals surface area contributed by atoms with E-state index >= 15 is 0 Å². The Bertz CT molecular complexity index is 436. The molecule has 0 aliphatic heterocycles. The third-order valence-electron chi connectivity index (χ3n) is 4.17. The van der Waals surface area contributed by atoms with E-state index in [4.69, 9.17) is 10.5 Å². The summed E-state index contributed by atoms with van der Waals surface area (Å²) in [6.07, 6.45) is 4.60. The van der Waals surface area contributed by atoms with Crippen molar-refractivity contribution in [2.45, 2.75) is 44.3 Å². The van der Waals surface area contributed by atoms with Crippen molar-refractivity contribution in [1.29, 1.82) is 0 Å². The van der Waals surface area contributed by atoms with E-state index in [-0.39, 0.29) is 5.97 Å². The van der Waals surface area contributed by atoms with Crippen LogP contribution in [-0.2, 0) is 11.3 Å². The van der Waals surface area contributed by atoms with Gasteiger partial charge in [0.25, 0.3) is 0 Å². The summed E-state index contributed by atoms with van der Waals surface area (Å²) in [5.41, 5.74) is 7.76. The van der Waals surface area contributed by atoms with Gasteiger partial charge in [0.1, 0.15) is 0 Å². The first kappa shape index (κ1) is 15.0. The van der Waals surface area contributed by atoms with Gasteiger partial charge < -0.3 is 10.5 Å². The molecule has 0 saturated heterocycles. The Kier molecular flexibility index (Phi) is 5.15. The molecule has 0 atom stereocenters. The lowest BCUT2D eigenvalue weighted by Crippen LogP contribution is -2.38. The van der Waals surface area contributed by atoms with Crippen molar-refractivity contribution < 1.29 is 9.53 Å². The molecule has 20 heavy (non-hydrogen) atoms. The maximum absolute atomic E-state index is 11.4. The maximum Gasteiger partial charge on any atom is 0.337 e. The van der Waals surface area contributed by atoms with Crippen LogP contribution in [0.4, 0.5) is 0 Å². The molecule has 0 spiro atoms. The molecule has 0 bridgehead atoms. The molecule has 1 aliphatic carbocycles. The molecule has 1 fully saturated rings. The second-order valence-corrected chi connectivity index (χ2v) is 5.67. The number of benzene rings is 1. The molecule has 0 heterocycles. The third kappa shape index (κ3) is 3.81. The topological polar surface area (TPSA) is 55.6 Å². The van der Waals surface area contributed by atoms with Crippen molar-refractivity contribution in [2.24, 2.45) is 5.73 Å². The number of carbonyl (C=O) groups excluding carboxylic acids is 1. The molecule has 1 saturated carbocycles. The van der Waals surface area contributed by atoms with E-state index in [1.54, 1.807) is 0 Å². The summed E-state index contributed by atoms with van der Waals surface area (Å²) in [7, 11) is 3.56. The lowest BCUT2D eigenvalue weighted by molar-refractivity contribution is 0.0600. The summed E-state index contributed by atoms with van der Waals surface area (Å²) in [5.74, 6) is -0.286. The largest absolute Gasteiger partial charge is 0.465 e. The van der Waals surface area contributed by atoms with Crippen LogP contribution in [-0.4, -0.2) is 37.1 Å². The highest BCUT2D eigenvalue weighted by Crippen LogP contribution is 2.22. The summed E-state index contributed by atoms with van der Waals surface area (Å²) >= 11 is 0. The summed E-state index contributed by atoms with van der Waals surface area (Å²) in [5, 5.41) is 0. The molecule has 4 nitrogen and oxygen atoms in total. The molecule has 110 valence electrons. The fourth-order valence-corrected chi connectivity index (χ4v) is 2.82. The van der Waals surface area contributed by atoms with E-state index in [2.05, 4.69) is 11.9 Å². The highest BCUT2D eigenvalue weighted by molar-refractivity contribution is 5.89. The smallest absolute Gasteiger partial charge is 0.337 e. The first-order valence-corrected chi connectivity index (χ1v) is 7.23. The molecule has 4 heteroatoms. The summed E-state index contributed by atoms with van der Waals surface area (Å²) < 4.78 is 4.70. The molecule has 2 rings (SSSR count). The molecule has 2 N–H and O–H groups in total. The highest BCUT2D eigenvalue weighted by atomic mass is 16.5. The monoisotopic (exact) mass is 276 g/mol. The van der Waals surface area contributed by atoms with Gasteiger partial charge in [0.15, 0.2) is 0 Å². The van der Waals surface area contributed by atoms with Crippen LogP contribution in [0.5, 0.6) is 0 Å². The van der Waals surface area contributed by atoms with E-state index < -0.39 is 0 Å². The first-order chi connectivity index (χ1) is 9.60. The van der Waals surface area contributed by atoms with Gasteiger partial charge >= 0.3 is 5.97 Å². The van der Waals surface area contributed by atoms with Gasteiger partial charge in [-0.2, -0.15) is 0 Å². The predicted octanol–water partition coefficient (Wildman–Crippen LogP) is 2.17. The first-order valence-electron chi connectivity index (χ1n) is 7.23. The number of hydrogen-bond acceptors (Lipinski definition) is 4. The lowest BCUT2D eigenvalue weighted by Gasteiger charge is -2.33. The van der Waals surface area contributed by atoms with Gasteiger partial charge in [0.05, 0.1) is 12.7 Å². The lowest BCUT2D eigenvalue weighted by atomic mass is 9.91. The van der Waals surface area contributed by atoms with E-state index in [0.717, 1.165) is 19.4 Å². The number of methoxy groups -OCH3 is 1. The van der Waals surface area contributed by atoms with Crippen molar-refractivity contribution in [3.05, 3.63) is 35.4 Å². The Hall–Kier alpha value is -1.39. The van der Waals surface area contributed by atoms with Crippen LogP contribution in [0.2, 0.25) is 0 Å². The zero-order chi connectivity index (χ0) is 14.5. The number of ether oxygens (including phenoxy) is 1. The minimum absolute atomic E-state index is 0.286. The van der Waals surface area contributed by atoms with Crippen LogP contribution in [0, 0.1) is 0 Å². The molecule has 0 unspecified atom stereocenters. The Morgan fingerprint density at radius 3 is 2.40 bits per heavy atom. The number of carbonyl (C=O) groups is 1. The fourth-order valence-electron chi connectivity index (χ4n) is 2.82. The van der Waals surface area contributed by atoms with Crippen molar-refractivity contribution in [3.63, 3.8) is 0 Å². The average Bonchev–Trinajstić information content (AvgIpc) is 2.48. The van der Waals surface area contributed by atoms with Crippen molar-refractivity contribution in [1.82, 2.24) is 4.90 Å². The standard InChI is InChI=1S/C16H24N2O2/c1-18(15-9-7-14(17)8-10-15)11-12-3-5-13(6-4-12)16(19)20-2/h3-6,14-15H,7-11,17H2,1-2H3. The molecule has 0 radical (unpaired) electrons. The van der Waals surface area contributed by atoms with Gasteiger partial charge in [0, 0.05) is 18.6 Å². The van der Waals surface area contributed by atoms with Crippen molar-refractivity contribution >= 4 is 5.97 Å². The zero-order valence-electron chi connectivity index (χ0n) is 12.3. The van der Waals surface area contributed by atoms with Gasteiger partial charge in [-0.15, -0.1) is 0 Å².